The van der Waals surface area contributed by atoms with E-state index < -0.39 is 0 Å². The van der Waals surface area contributed by atoms with Gasteiger partial charge in [-0.2, -0.15) is 5.10 Å². The van der Waals surface area contributed by atoms with Gasteiger partial charge in [-0.1, -0.05) is 109 Å². The van der Waals surface area contributed by atoms with Crippen molar-refractivity contribution in [1.82, 2.24) is 9.61 Å². The lowest BCUT2D eigenvalue weighted by Gasteiger charge is -2.10. The van der Waals surface area contributed by atoms with Gasteiger partial charge in [0.2, 0.25) is 0 Å². The number of thiophene rings is 1. The number of benzene rings is 5. The van der Waals surface area contributed by atoms with E-state index in [9.17, 15) is 0 Å². The van der Waals surface area contributed by atoms with Crippen molar-refractivity contribution in [2.75, 3.05) is 0 Å². The van der Waals surface area contributed by atoms with Gasteiger partial charge in [-0.15, -0.1) is 11.3 Å². The van der Waals surface area contributed by atoms with Gasteiger partial charge in [-0.25, -0.2) is 4.52 Å². The number of aromatic nitrogens is 2. The Kier molecular flexibility index (Phi) is 4.73. The number of fused-ring (bicyclic) bond motifs is 6. The van der Waals surface area contributed by atoms with Gasteiger partial charge in [0.25, 0.3) is 0 Å². The highest BCUT2D eigenvalue weighted by atomic mass is 32.1. The molecular formula is C35H22N2S. The zero-order valence-corrected chi connectivity index (χ0v) is 21.3. The van der Waals surface area contributed by atoms with Crippen LogP contribution in [-0.2, 0) is 0 Å². The maximum absolute atomic E-state index is 5.38. The molecule has 0 bridgehead atoms. The van der Waals surface area contributed by atoms with E-state index in [2.05, 4.69) is 138 Å². The summed E-state index contributed by atoms with van der Waals surface area (Å²) < 4.78 is 4.77. The SMILES string of the molecule is c1ccc(-c2c(-c3ccc4sc5ccccc5c4c3)nn3c(-c4ccccc4)cc4ccccc4c23)cc1. The van der Waals surface area contributed by atoms with Crippen molar-refractivity contribution >= 4 is 47.8 Å². The van der Waals surface area contributed by atoms with Crippen LogP contribution in [0.5, 0.6) is 0 Å². The Morgan fingerprint density at radius 2 is 1.16 bits per heavy atom. The predicted molar refractivity (Wildman–Crippen MR) is 162 cm³/mol. The van der Waals surface area contributed by atoms with Gasteiger partial charge in [-0.05, 0) is 35.2 Å². The van der Waals surface area contributed by atoms with E-state index in [4.69, 9.17) is 5.10 Å². The molecule has 0 saturated heterocycles. The smallest absolute Gasteiger partial charge is 0.101 e. The minimum Gasteiger partial charge on any atom is -0.231 e. The van der Waals surface area contributed by atoms with Crippen LogP contribution in [0.4, 0.5) is 0 Å². The molecule has 0 atom stereocenters. The Balaban J connectivity index is 1.53. The van der Waals surface area contributed by atoms with Gasteiger partial charge in [0.1, 0.15) is 5.69 Å². The highest BCUT2D eigenvalue weighted by Gasteiger charge is 2.21. The van der Waals surface area contributed by atoms with Crippen LogP contribution in [0.3, 0.4) is 0 Å². The summed E-state index contributed by atoms with van der Waals surface area (Å²) in [5, 5.41) is 10.4. The summed E-state index contributed by atoms with van der Waals surface area (Å²) in [4.78, 5) is 0. The lowest BCUT2D eigenvalue weighted by atomic mass is 9.96. The van der Waals surface area contributed by atoms with Crippen molar-refractivity contribution in [3.05, 3.63) is 133 Å². The van der Waals surface area contributed by atoms with E-state index in [1.54, 1.807) is 0 Å². The molecule has 0 radical (unpaired) electrons. The topological polar surface area (TPSA) is 17.3 Å². The Bertz CT molecular complexity index is 2120. The van der Waals surface area contributed by atoms with E-state index in [0.29, 0.717) is 0 Å². The normalized spacial score (nSPS) is 11.7. The highest BCUT2D eigenvalue weighted by Crippen LogP contribution is 2.42. The van der Waals surface area contributed by atoms with Crippen molar-refractivity contribution in [3.63, 3.8) is 0 Å². The first kappa shape index (κ1) is 21.4. The van der Waals surface area contributed by atoms with Gasteiger partial charge in [-0.3, -0.25) is 0 Å². The first-order valence-electron chi connectivity index (χ1n) is 12.8. The van der Waals surface area contributed by atoms with Crippen LogP contribution >= 0.6 is 11.3 Å². The lowest BCUT2D eigenvalue weighted by Crippen LogP contribution is -1.95. The fraction of sp³-hybridized carbons (Fsp3) is 0. The van der Waals surface area contributed by atoms with Crippen LogP contribution in [-0.4, -0.2) is 9.61 Å². The zero-order valence-electron chi connectivity index (χ0n) is 20.5. The standard InChI is InChI=1S/C35H22N2S/c1-3-11-23(12-4-1)30-22-25-15-7-8-16-27(25)35-33(24-13-5-2-6-14-24)34(36-37(30)35)26-19-20-32-29(21-26)28-17-9-10-18-31(28)38-32/h1-22H. The molecule has 3 heteroatoms. The van der Waals surface area contributed by atoms with E-state index in [-0.39, 0.29) is 0 Å². The van der Waals surface area contributed by atoms with Crippen molar-refractivity contribution in [2.45, 2.75) is 0 Å². The van der Waals surface area contributed by atoms with E-state index in [1.807, 2.05) is 11.3 Å². The molecule has 3 heterocycles. The summed E-state index contributed by atoms with van der Waals surface area (Å²) in [5.41, 5.74) is 7.84. The quantitative estimate of drug-likeness (QED) is 0.235. The minimum atomic E-state index is 1.00. The van der Waals surface area contributed by atoms with Gasteiger partial charge in [0.15, 0.2) is 0 Å². The number of rotatable bonds is 3. The van der Waals surface area contributed by atoms with E-state index in [0.717, 1.165) is 28.0 Å². The Labute approximate surface area is 224 Å². The second kappa shape index (κ2) is 8.41. The molecule has 0 spiro atoms. The molecule has 0 unspecified atom stereocenters. The van der Waals surface area contributed by atoms with Crippen molar-refractivity contribution in [1.29, 1.82) is 0 Å². The van der Waals surface area contributed by atoms with Gasteiger partial charge < -0.3 is 0 Å². The fourth-order valence-corrected chi connectivity index (χ4v) is 6.74. The van der Waals surface area contributed by atoms with Crippen LogP contribution < -0.4 is 0 Å². The third-order valence-electron chi connectivity index (χ3n) is 7.40. The van der Waals surface area contributed by atoms with Crippen LogP contribution in [0.25, 0.3) is 70.1 Å². The third kappa shape index (κ3) is 3.22. The Morgan fingerprint density at radius 3 is 1.97 bits per heavy atom. The maximum atomic E-state index is 5.38. The first-order chi connectivity index (χ1) is 18.8. The summed E-state index contributed by atoms with van der Waals surface area (Å²) in [7, 11) is 0. The molecule has 0 aliphatic heterocycles. The molecule has 3 aromatic heterocycles. The molecule has 38 heavy (non-hydrogen) atoms. The fourth-order valence-electron chi connectivity index (χ4n) is 5.66. The molecule has 0 amide bonds. The minimum absolute atomic E-state index is 1.00. The van der Waals surface area contributed by atoms with E-state index in [1.165, 1.54) is 42.1 Å². The first-order valence-corrected chi connectivity index (χ1v) is 13.6. The Morgan fingerprint density at radius 1 is 0.500 bits per heavy atom. The van der Waals surface area contributed by atoms with Crippen molar-refractivity contribution < 1.29 is 0 Å². The van der Waals surface area contributed by atoms with Crippen molar-refractivity contribution in [2.24, 2.45) is 0 Å². The second-order valence-electron chi connectivity index (χ2n) is 9.64. The summed E-state index contributed by atoms with van der Waals surface area (Å²) in [6.07, 6.45) is 0. The van der Waals surface area contributed by atoms with Crippen LogP contribution in [0, 0.1) is 0 Å². The number of hydrogen-bond donors (Lipinski definition) is 0. The highest BCUT2D eigenvalue weighted by molar-refractivity contribution is 7.25. The molecule has 178 valence electrons. The monoisotopic (exact) mass is 502 g/mol. The molecule has 0 saturated carbocycles. The molecule has 0 aliphatic rings. The molecule has 8 aromatic rings. The summed E-state index contributed by atoms with van der Waals surface area (Å²) >= 11 is 1.85. The van der Waals surface area contributed by atoms with Gasteiger partial charge >= 0.3 is 0 Å². The molecule has 0 fully saturated rings. The predicted octanol–water partition coefficient (Wildman–Crippen LogP) is 9.86. The average molecular weight is 503 g/mol. The van der Waals surface area contributed by atoms with E-state index >= 15 is 0 Å². The lowest BCUT2D eigenvalue weighted by molar-refractivity contribution is 0.980. The Hall–Kier alpha value is -4.73. The van der Waals surface area contributed by atoms with Gasteiger partial charge in [0.05, 0.1) is 11.2 Å². The molecule has 2 nitrogen and oxygen atoms in total. The largest absolute Gasteiger partial charge is 0.231 e. The second-order valence-corrected chi connectivity index (χ2v) is 10.7. The number of hydrogen-bond acceptors (Lipinski definition) is 2. The summed E-state index contributed by atoms with van der Waals surface area (Å²) in [5.74, 6) is 0. The zero-order chi connectivity index (χ0) is 25.1. The summed E-state index contributed by atoms with van der Waals surface area (Å²) in [6, 6.07) is 47.7. The molecule has 5 aromatic carbocycles. The molecule has 0 N–H and O–H groups in total. The number of nitrogens with zero attached hydrogens (tertiary/aromatic N) is 2. The molecule has 8 rings (SSSR count). The van der Waals surface area contributed by atoms with Crippen molar-refractivity contribution in [3.8, 4) is 33.6 Å². The van der Waals surface area contributed by atoms with Crippen LogP contribution in [0.1, 0.15) is 0 Å². The summed E-state index contributed by atoms with van der Waals surface area (Å²) in [6.45, 7) is 0. The third-order valence-corrected chi connectivity index (χ3v) is 8.56. The van der Waals surface area contributed by atoms with Crippen LogP contribution in [0.2, 0.25) is 0 Å². The maximum Gasteiger partial charge on any atom is 0.101 e. The van der Waals surface area contributed by atoms with Gasteiger partial charge in [0, 0.05) is 42.2 Å². The molecule has 0 aliphatic carbocycles. The van der Waals surface area contributed by atoms with Crippen LogP contribution in [0.15, 0.2) is 133 Å². The molecular weight excluding hydrogens is 480 g/mol. The number of pyridine rings is 1. The average Bonchev–Trinajstić information content (AvgIpc) is 3.57.